The Labute approximate surface area is 67.9 Å². The minimum Gasteiger partial charge on any atom is -0.261 e. The lowest BCUT2D eigenvalue weighted by molar-refractivity contribution is 1.12. The topological polar surface area (TPSA) is 12.9 Å². The Kier molecular flexibility index (Phi) is 3.37. The van der Waals surface area contributed by atoms with Crippen LogP contribution in [-0.2, 0) is 0 Å². The van der Waals surface area contributed by atoms with Crippen LogP contribution in [0.1, 0.15) is 16.8 Å². The molecular weight excluding hydrogens is 146 g/mol. The summed E-state index contributed by atoms with van der Waals surface area (Å²) in [4.78, 5) is 4.18. The largest absolute Gasteiger partial charge is 0.261 e. The molecule has 0 saturated heterocycles. The van der Waals surface area contributed by atoms with Crippen molar-refractivity contribution in [1.29, 1.82) is 0 Å². The summed E-state index contributed by atoms with van der Waals surface area (Å²) in [6.45, 7) is 6.16. The molecule has 1 aromatic rings. The van der Waals surface area contributed by atoms with E-state index in [4.69, 9.17) is 0 Å². The average molecular weight is 158 g/mol. The van der Waals surface area contributed by atoms with Crippen molar-refractivity contribution in [1.82, 2.24) is 4.98 Å². The third-order valence-electron chi connectivity index (χ3n) is 1.48. The quantitative estimate of drug-likeness (QED) is 0.564. The minimum atomic E-state index is 0. The zero-order chi connectivity index (χ0) is 6.85. The van der Waals surface area contributed by atoms with Crippen LogP contribution in [0, 0.1) is 20.8 Å². The normalized spacial score (nSPS) is 8.70. The molecule has 0 aliphatic rings. The number of aromatic nitrogens is 1. The van der Waals surface area contributed by atoms with Crippen molar-refractivity contribution in [2.24, 2.45) is 0 Å². The summed E-state index contributed by atoms with van der Waals surface area (Å²) in [7, 11) is 0. The highest BCUT2D eigenvalue weighted by Crippen LogP contribution is 2.03. The first-order chi connectivity index (χ1) is 4.20. The van der Waals surface area contributed by atoms with Gasteiger partial charge in [0.2, 0.25) is 0 Å². The molecule has 0 aliphatic carbocycles. The Morgan fingerprint density at radius 3 is 2.20 bits per heavy atom. The van der Waals surface area contributed by atoms with Gasteiger partial charge in [0.05, 0.1) is 0 Å². The molecule has 0 fully saturated rings. The molecule has 0 bridgehead atoms. The third kappa shape index (κ3) is 1.99. The van der Waals surface area contributed by atoms with Gasteiger partial charge in [0, 0.05) is 11.9 Å². The van der Waals surface area contributed by atoms with Gasteiger partial charge < -0.3 is 0 Å². The number of aryl methyl sites for hydroxylation is 3. The van der Waals surface area contributed by atoms with Crippen LogP contribution >= 0.6 is 12.4 Å². The molecule has 0 radical (unpaired) electrons. The Hall–Kier alpha value is -0.560. The molecule has 0 unspecified atom stereocenters. The molecule has 1 heterocycles. The number of halogens is 1. The molecule has 0 saturated carbocycles. The highest BCUT2D eigenvalue weighted by molar-refractivity contribution is 5.85. The van der Waals surface area contributed by atoms with Gasteiger partial charge in [0.15, 0.2) is 0 Å². The fraction of sp³-hybridized carbons (Fsp3) is 0.375. The van der Waals surface area contributed by atoms with E-state index >= 15 is 0 Å². The van der Waals surface area contributed by atoms with Crippen LogP contribution in [0.3, 0.4) is 0 Å². The van der Waals surface area contributed by atoms with Crippen molar-refractivity contribution in [3.8, 4) is 0 Å². The van der Waals surface area contributed by atoms with E-state index in [2.05, 4.69) is 24.9 Å². The maximum absolute atomic E-state index is 4.18. The van der Waals surface area contributed by atoms with E-state index in [1.807, 2.05) is 13.1 Å². The first kappa shape index (κ1) is 9.44. The second-order valence-corrected chi connectivity index (χ2v) is 2.41. The summed E-state index contributed by atoms with van der Waals surface area (Å²) >= 11 is 0. The van der Waals surface area contributed by atoms with Crippen LogP contribution in [0.5, 0.6) is 0 Å². The van der Waals surface area contributed by atoms with Gasteiger partial charge in [0.25, 0.3) is 0 Å². The molecule has 0 N–H and O–H groups in total. The second-order valence-electron chi connectivity index (χ2n) is 2.41. The molecular formula is C8H12ClN. The fourth-order valence-electron chi connectivity index (χ4n) is 0.784. The minimum absolute atomic E-state index is 0. The maximum Gasteiger partial charge on any atom is 0.0401 e. The predicted octanol–water partition coefficient (Wildman–Crippen LogP) is 2.43. The van der Waals surface area contributed by atoms with Crippen molar-refractivity contribution in [3.05, 3.63) is 29.1 Å². The highest BCUT2D eigenvalue weighted by Gasteiger charge is 1.90. The summed E-state index contributed by atoms with van der Waals surface area (Å²) in [5, 5.41) is 0. The van der Waals surface area contributed by atoms with Gasteiger partial charge in [-0.2, -0.15) is 0 Å². The average Bonchev–Trinajstić information content (AvgIpc) is 1.80. The van der Waals surface area contributed by atoms with Crippen LogP contribution in [0.25, 0.3) is 0 Å². The smallest absolute Gasteiger partial charge is 0.0401 e. The standard InChI is InChI=1S/C8H11N.ClH/c1-6-4-7(2)8(3)9-5-6;/h4-5H,1-3H3;1H. The van der Waals surface area contributed by atoms with Crippen LogP contribution in [0.4, 0.5) is 0 Å². The van der Waals surface area contributed by atoms with Crippen molar-refractivity contribution in [2.75, 3.05) is 0 Å². The fourth-order valence-corrected chi connectivity index (χ4v) is 0.784. The number of hydrogen-bond donors (Lipinski definition) is 0. The predicted molar refractivity (Wildman–Crippen MR) is 45.7 cm³/mol. The SMILES string of the molecule is Cc1cnc(C)c(C)c1.Cl. The molecule has 1 rings (SSSR count). The van der Waals surface area contributed by atoms with E-state index in [1.54, 1.807) is 0 Å². The van der Waals surface area contributed by atoms with E-state index in [9.17, 15) is 0 Å². The second kappa shape index (κ2) is 3.57. The monoisotopic (exact) mass is 157 g/mol. The van der Waals surface area contributed by atoms with Gasteiger partial charge in [-0.1, -0.05) is 6.07 Å². The summed E-state index contributed by atoms with van der Waals surface area (Å²) < 4.78 is 0. The molecule has 0 aliphatic heterocycles. The zero-order valence-corrected chi connectivity index (χ0v) is 7.33. The molecule has 0 atom stereocenters. The number of nitrogens with zero attached hydrogens (tertiary/aromatic N) is 1. The van der Waals surface area contributed by atoms with Crippen LogP contribution in [0.2, 0.25) is 0 Å². The summed E-state index contributed by atoms with van der Waals surface area (Å²) in [6.07, 6.45) is 1.89. The number of rotatable bonds is 0. The van der Waals surface area contributed by atoms with E-state index in [0.29, 0.717) is 0 Å². The van der Waals surface area contributed by atoms with Crippen LogP contribution in [0.15, 0.2) is 12.3 Å². The summed E-state index contributed by atoms with van der Waals surface area (Å²) in [5.74, 6) is 0. The lowest BCUT2D eigenvalue weighted by atomic mass is 10.2. The van der Waals surface area contributed by atoms with Gasteiger partial charge in [-0.3, -0.25) is 4.98 Å². The van der Waals surface area contributed by atoms with Gasteiger partial charge in [0.1, 0.15) is 0 Å². The Balaban J connectivity index is 0.000000810. The Morgan fingerprint density at radius 1 is 1.20 bits per heavy atom. The molecule has 1 aromatic heterocycles. The summed E-state index contributed by atoms with van der Waals surface area (Å²) in [5.41, 5.74) is 3.63. The van der Waals surface area contributed by atoms with Crippen molar-refractivity contribution in [3.63, 3.8) is 0 Å². The van der Waals surface area contributed by atoms with Gasteiger partial charge in [-0.25, -0.2) is 0 Å². The van der Waals surface area contributed by atoms with Gasteiger partial charge in [-0.05, 0) is 31.9 Å². The summed E-state index contributed by atoms with van der Waals surface area (Å²) in [6, 6.07) is 2.14. The van der Waals surface area contributed by atoms with Gasteiger partial charge in [-0.15, -0.1) is 12.4 Å². The lowest BCUT2D eigenvalue weighted by Gasteiger charge is -1.97. The van der Waals surface area contributed by atoms with Crippen LogP contribution in [-0.4, -0.2) is 4.98 Å². The molecule has 0 aromatic carbocycles. The van der Waals surface area contributed by atoms with E-state index in [0.717, 1.165) is 5.69 Å². The van der Waals surface area contributed by atoms with E-state index in [1.165, 1.54) is 11.1 Å². The lowest BCUT2D eigenvalue weighted by Crippen LogP contribution is -1.85. The molecule has 0 spiro atoms. The van der Waals surface area contributed by atoms with E-state index in [-0.39, 0.29) is 12.4 Å². The van der Waals surface area contributed by atoms with Crippen LogP contribution < -0.4 is 0 Å². The molecule has 2 heteroatoms. The number of hydrogen-bond acceptors (Lipinski definition) is 1. The molecule has 10 heavy (non-hydrogen) atoms. The van der Waals surface area contributed by atoms with Crippen molar-refractivity contribution in [2.45, 2.75) is 20.8 Å². The molecule has 56 valence electrons. The van der Waals surface area contributed by atoms with Crippen molar-refractivity contribution >= 4 is 12.4 Å². The molecule has 0 amide bonds. The Bertz CT molecular complexity index is 220. The first-order valence-corrected chi connectivity index (χ1v) is 3.10. The molecule has 1 nitrogen and oxygen atoms in total. The van der Waals surface area contributed by atoms with Crippen molar-refractivity contribution < 1.29 is 0 Å². The number of pyridine rings is 1. The zero-order valence-electron chi connectivity index (χ0n) is 6.51. The maximum atomic E-state index is 4.18. The van der Waals surface area contributed by atoms with E-state index < -0.39 is 0 Å². The third-order valence-corrected chi connectivity index (χ3v) is 1.48. The first-order valence-electron chi connectivity index (χ1n) is 3.10. The highest BCUT2D eigenvalue weighted by atomic mass is 35.5. The van der Waals surface area contributed by atoms with Gasteiger partial charge >= 0.3 is 0 Å². The Morgan fingerprint density at radius 2 is 1.80 bits per heavy atom.